The zero-order valence-electron chi connectivity index (χ0n) is 14.4. The zero-order chi connectivity index (χ0) is 16.4. The Kier molecular flexibility index (Phi) is 5.99. The third kappa shape index (κ3) is 3.77. The quantitative estimate of drug-likeness (QED) is 0.736. The van der Waals surface area contributed by atoms with Crippen molar-refractivity contribution in [1.29, 1.82) is 0 Å². The number of para-hydroxylation sites is 1. The van der Waals surface area contributed by atoms with Gasteiger partial charge in [0.25, 0.3) is 5.89 Å². The van der Waals surface area contributed by atoms with Gasteiger partial charge in [0, 0.05) is 30.0 Å². The van der Waals surface area contributed by atoms with Gasteiger partial charge < -0.3 is 19.2 Å². The van der Waals surface area contributed by atoms with Crippen LogP contribution in [0.15, 0.2) is 33.2 Å². The van der Waals surface area contributed by atoms with E-state index in [-0.39, 0.29) is 18.4 Å². The summed E-state index contributed by atoms with van der Waals surface area (Å²) in [5, 5.41) is 8.32. The van der Waals surface area contributed by atoms with Crippen molar-refractivity contribution in [2.24, 2.45) is 0 Å². The normalized spacial score (nSPS) is 12.5. The maximum Gasteiger partial charge on any atom is 0.294 e. The van der Waals surface area contributed by atoms with Gasteiger partial charge in [-0.3, -0.25) is 0 Å². The molecule has 2 heterocycles. The minimum absolute atomic E-state index is 0. The molecule has 1 atom stereocenters. The lowest BCUT2D eigenvalue weighted by Crippen LogP contribution is -2.24. The van der Waals surface area contributed by atoms with Crippen LogP contribution in [-0.2, 0) is 13.0 Å². The summed E-state index contributed by atoms with van der Waals surface area (Å²) >= 11 is 0. The highest BCUT2D eigenvalue weighted by atomic mass is 35.5. The summed E-state index contributed by atoms with van der Waals surface area (Å²) in [6, 6.07) is 8.27. The van der Waals surface area contributed by atoms with Gasteiger partial charge in [0.05, 0.1) is 0 Å². The number of fused-ring (bicyclic) bond motifs is 1. The molecule has 1 aromatic carbocycles. The van der Waals surface area contributed by atoms with Gasteiger partial charge in [0.15, 0.2) is 11.6 Å². The van der Waals surface area contributed by atoms with E-state index in [0.717, 1.165) is 23.1 Å². The van der Waals surface area contributed by atoms with Crippen LogP contribution in [0.3, 0.4) is 0 Å². The first-order valence-corrected chi connectivity index (χ1v) is 7.74. The molecule has 0 radical (unpaired) electrons. The second kappa shape index (κ2) is 7.79. The van der Waals surface area contributed by atoms with Crippen LogP contribution in [0.2, 0.25) is 0 Å². The lowest BCUT2D eigenvalue weighted by atomic mass is 10.1. The van der Waals surface area contributed by atoms with Gasteiger partial charge in [0.2, 0.25) is 0 Å². The lowest BCUT2D eigenvalue weighted by molar-refractivity contribution is 0.392. The fourth-order valence-electron chi connectivity index (χ4n) is 2.55. The zero-order valence-corrected chi connectivity index (χ0v) is 15.2. The highest BCUT2D eigenvalue weighted by molar-refractivity contribution is 5.86. The molecule has 0 saturated carbocycles. The largest absolute Gasteiger partial charge is 0.451 e. The minimum atomic E-state index is 0. The molecular formula is C17H23ClN4O2. The summed E-state index contributed by atoms with van der Waals surface area (Å²) in [5.74, 6) is 1.78. The summed E-state index contributed by atoms with van der Waals surface area (Å²) in [4.78, 5) is 6.60. The average Bonchev–Trinajstić information content (AvgIpc) is 3.12. The van der Waals surface area contributed by atoms with E-state index in [9.17, 15) is 0 Å². The van der Waals surface area contributed by atoms with Gasteiger partial charge in [-0.15, -0.1) is 12.4 Å². The molecule has 0 saturated heterocycles. The van der Waals surface area contributed by atoms with Crippen molar-refractivity contribution in [3.8, 4) is 11.7 Å². The predicted molar refractivity (Wildman–Crippen MR) is 96.4 cm³/mol. The van der Waals surface area contributed by atoms with E-state index in [4.69, 9.17) is 8.94 Å². The van der Waals surface area contributed by atoms with Gasteiger partial charge in [-0.05, 0) is 34.1 Å². The number of rotatable bonds is 6. The maximum absolute atomic E-state index is 5.99. The van der Waals surface area contributed by atoms with E-state index in [1.54, 1.807) is 0 Å². The van der Waals surface area contributed by atoms with Crippen molar-refractivity contribution >= 4 is 23.4 Å². The van der Waals surface area contributed by atoms with Crippen LogP contribution in [0.5, 0.6) is 0 Å². The summed E-state index contributed by atoms with van der Waals surface area (Å²) < 4.78 is 11.4. The molecule has 0 fully saturated rings. The number of nitrogens with zero attached hydrogens (tertiary/aromatic N) is 3. The highest BCUT2D eigenvalue weighted by Gasteiger charge is 2.21. The Morgan fingerprint density at radius 1 is 1.25 bits per heavy atom. The Morgan fingerprint density at radius 2 is 2.00 bits per heavy atom. The second-order valence-electron chi connectivity index (χ2n) is 6.05. The molecule has 0 bridgehead atoms. The van der Waals surface area contributed by atoms with E-state index in [0.29, 0.717) is 23.9 Å². The van der Waals surface area contributed by atoms with E-state index >= 15 is 0 Å². The summed E-state index contributed by atoms with van der Waals surface area (Å²) in [5.41, 5.74) is 1.91. The Bertz CT molecular complexity index is 797. The van der Waals surface area contributed by atoms with E-state index in [1.165, 1.54) is 0 Å². The summed E-state index contributed by atoms with van der Waals surface area (Å²) in [7, 11) is 5.97. The molecule has 24 heavy (non-hydrogen) atoms. The van der Waals surface area contributed by atoms with Crippen LogP contribution in [0, 0.1) is 0 Å². The number of halogens is 1. The van der Waals surface area contributed by atoms with Gasteiger partial charge in [-0.1, -0.05) is 23.4 Å². The van der Waals surface area contributed by atoms with Crippen molar-refractivity contribution in [3.05, 3.63) is 35.7 Å². The number of hydrogen-bond donors (Lipinski definition) is 1. The number of benzene rings is 1. The van der Waals surface area contributed by atoms with Crippen LogP contribution in [0.1, 0.15) is 18.3 Å². The van der Waals surface area contributed by atoms with Gasteiger partial charge >= 0.3 is 0 Å². The molecule has 6 nitrogen and oxygen atoms in total. The maximum atomic E-state index is 5.99. The number of likely N-dealkylation sites (N-methyl/N-ethyl adjacent to an activating group) is 1. The molecule has 0 amide bonds. The molecule has 7 heteroatoms. The molecule has 2 aromatic heterocycles. The molecule has 0 aliphatic carbocycles. The number of nitrogens with one attached hydrogen (secondary N) is 1. The standard InChI is InChI=1S/C17H22N4O2.ClH/c1-11(18-2)9-15-19-17(23-20-15)16-13(10-21(3)4)12-7-5-6-8-14(12)22-16;/h5-8,11,18H,9-10H2,1-4H3;1H. The molecule has 1 unspecified atom stereocenters. The first-order valence-electron chi connectivity index (χ1n) is 7.74. The van der Waals surface area contributed by atoms with Crippen LogP contribution in [0.25, 0.3) is 22.6 Å². The third-order valence-corrected chi connectivity index (χ3v) is 3.82. The van der Waals surface area contributed by atoms with Gasteiger partial charge in [0.1, 0.15) is 5.58 Å². The monoisotopic (exact) mass is 350 g/mol. The Hall–Kier alpha value is -1.89. The van der Waals surface area contributed by atoms with E-state index in [1.807, 2.05) is 39.3 Å². The second-order valence-corrected chi connectivity index (χ2v) is 6.05. The van der Waals surface area contributed by atoms with Gasteiger partial charge in [-0.2, -0.15) is 4.98 Å². The van der Waals surface area contributed by atoms with E-state index in [2.05, 4.69) is 33.3 Å². The lowest BCUT2D eigenvalue weighted by Gasteiger charge is -2.08. The van der Waals surface area contributed by atoms with Crippen LogP contribution < -0.4 is 5.32 Å². The highest BCUT2D eigenvalue weighted by Crippen LogP contribution is 2.33. The topological polar surface area (TPSA) is 67.3 Å². The Labute approximate surface area is 147 Å². The van der Waals surface area contributed by atoms with Crippen LogP contribution in [-0.4, -0.2) is 42.2 Å². The fraction of sp³-hybridized carbons (Fsp3) is 0.412. The van der Waals surface area contributed by atoms with Crippen LogP contribution >= 0.6 is 12.4 Å². The molecule has 1 N–H and O–H groups in total. The number of hydrogen-bond acceptors (Lipinski definition) is 6. The number of aromatic nitrogens is 2. The first-order chi connectivity index (χ1) is 11.1. The number of furan rings is 1. The van der Waals surface area contributed by atoms with Crippen molar-refractivity contribution in [1.82, 2.24) is 20.4 Å². The molecule has 0 spiro atoms. The summed E-state index contributed by atoms with van der Waals surface area (Å²) in [6.07, 6.45) is 0.712. The molecule has 3 aromatic rings. The molecular weight excluding hydrogens is 328 g/mol. The van der Waals surface area contributed by atoms with Crippen molar-refractivity contribution < 1.29 is 8.94 Å². The Balaban J connectivity index is 0.00000208. The molecule has 3 rings (SSSR count). The smallest absolute Gasteiger partial charge is 0.294 e. The van der Waals surface area contributed by atoms with Gasteiger partial charge in [-0.25, -0.2) is 0 Å². The van der Waals surface area contributed by atoms with Crippen molar-refractivity contribution in [2.45, 2.75) is 25.9 Å². The summed E-state index contributed by atoms with van der Waals surface area (Å²) in [6.45, 7) is 2.83. The molecule has 130 valence electrons. The van der Waals surface area contributed by atoms with Crippen LogP contribution in [0.4, 0.5) is 0 Å². The average molecular weight is 351 g/mol. The van der Waals surface area contributed by atoms with Crippen molar-refractivity contribution in [3.63, 3.8) is 0 Å². The first kappa shape index (κ1) is 18.4. The fourth-order valence-corrected chi connectivity index (χ4v) is 2.55. The van der Waals surface area contributed by atoms with E-state index < -0.39 is 0 Å². The molecule has 0 aliphatic heterocycles. The third-order valence-electron chi connectivity index (χ3n) is 3.82. The SMILES string of the molecule is CNC(C)Cc1noc(-c2oc3ccccc3c2CN(C)C)n1.Cl. The Morgan fingerprint density at radius 3 is 2.71 bits per heavy atom. The van der Waals surface area contributed by atoms with Crippen molar-refractivity contribution in [2.75, 3.05) is 21.1 Å². The molecule has 0 aliphatic rings. The minimum Gasteiger partial charge on any atom is -0.451 e. The predicted octanol–water partition coefficient (Wildman–Crippen LogP) is 3.12.